The number of carbonyl (C=O) groups is 2. The summed E-state index contributed by atoms with van der Waals surface area (Å²) in [7, 11) is -0.852. The van der Waals surface area contributed by atoms with Gasteiger partial charge in [0.25, 0.3) is 5.09 Å². The minimum Gasteiger partial charge on any atom is -0.495 e. The molecule has 2 aromatic rings. The molecule has 5 atom stereocenters. The molecule has 0 saturated carbocycles. The fourth-order valence-electron chi connectivity index (χ4n) is 5.90. The van der Waals surface area contributed by atoms with Crippen LogP contribution >= 0.6 is 31.9 Å². The van der Waals surface area contributed by atoms with E-state index in [0.717, 1.165) is 0 Å². The molecule has 22 heteroatoms. The lowest BCUT2D eigenvalue weighted by Crippen LogP contribution is -2.44. The molecule has 2 fully saturated rings. The molecule has 0 radical (unpaired) electrons. The van der Waals surface area contributed by atoms with E-state index in [-0.39, 0.29) is 47.3 Å². The molecular weight excluding hydrogens is 1010 g/mol. The Morgan fingerprint density at radius 1 is 0.969 bits per heavy atom. The van der Waals surface area contributed by atoms with E-state index in [2.05, 4.69) is 104 Å². The first kappa shape index (κ1) is 57.1. The molecule has 2 aliphatic heterocycles. The summed E-state index contributed by atoms with van der Waals surface area (Å²) in [5.74, 6) is -1.37. The van der Waals surface area contributed by atoms with E-state index in [9.17, 15) is 28.5 Å². The highest BCUT2D eigenvalue weighted by Gasteiger charge is 2.57. The van der Waals surface area contributed by atoms with Gasteiger partial charge in [0.2, 0.25) is 0 Å². The number of hydrogen-bond donors (Lipinski definition) is 2. The van der Waals surface area contributed by atoms with E-state index in [0.29, 0.717) is 44.8 Å². The van der Waals surface area contributed by atoms with Crippen molar-refractivity contribution in [3.05, 3.63) is 78.2 Å². The Hall–Kier alpha value is -3.07. The highest BCUT2D eigenvalue weighted by Crippen LogP contribution is 2.43. The quantitative estimate of drug-likeness (QED) is 0.0501. The minimum absolute atomic E-state index is 0.00838. The summed E-state index contributed by atoms with van der Waals surface area (Å²) in [6.45, 7) is 25.4. The molecule has 2 aliphatic rings. The molecule has 2 aromatic carbocycles. The number of esters is 2. The number of fused-ring (bicyclic) bond motifs is 1. The highest BCUT2D eigenvalue weighted by atomic mass is 79.9. The Labute approximate surface area is 394 Å². The first-order valence-corrected chi connectivity index (χ1v) is 27.9. The van der Waals surface area contributed by atoms with Gasteiger partial charge in [-0.1, -0.05) is 47.6 Å². The van der Waals surface area contributed by atoms with Gasteiger partial charge in [-0.2, -0.15) is 5.06 Å². The summed E-state index contributed by atoms with van der Waals surface area (Å²) < 4.78 is 62.1. The monoisotopic (exact) mass is 1070 g/mol. The Morgan fingerprint density at radius 3 is 1.98 bits per heavy atom. The van der Waals surface area contributed by atoms with E-state index in [4.69, 9.17) is 37.8 Å². The van der Waals surface area contributed by atoms with Crippen molar-refractivity contribution in [3.63, 3.8) is 0 Å². The zero-order valence-corrected chi connectivity index (χ0v) is 44.3. The molecule has 0 aromatic heterocycles. The van der Waals surface area contributed by atoms with Crippen LogP contribution in [-0.2, 0) is 50.7 Å². The predicted octanol–water partition coefficient (Wildman–Crippen LogP) is 9.44. The summed E-state index contributed by atoms with van der Waals surface area (Å²) >= 11 is 6.60. The van der Waals surface area contributed by atoms with Crippen molar-refractivity contribution in [2.75, 3.05) is 34.0 Å². The van der Waals surface area contributed by atoms with Crippen LogP contribution in [0.25, 0.3) is 0 Å². The van der Waals surface area contributed by atoms with Crippen molar-refractivity contribution < 1.29 is 66.1 Å². The van der Waals surface area contributed by atoms with Gasteiger partial charge in [-0.25, -0.2) is 19.1 Å². The zero-order valence-electron chi connectivity index (χ0n) is 39.1. The summed E-state index contributed by atoms with van der Waals surface area (Å²) in [5, 5.41) is 19.1. The fourth-order valence-corrected chi connectivity index (χ4v) is 8.93. The maximum Gasteiger partial charge on any atom is 0.332 e. The third-order valence-corrected chi connectivity index (χ3v) is 21.8. The van der Waals surface area contributed by atoms with Gasteiger partial charge in [-0.3, -0.25) is 9.63 Å². The van der Waals surface area contributed by atoms with Gasteiger partial charge < -0.3 is 37.8 Å². The Kier molecular flexibility index (Phi) is 22.0. The van der Waals surface area contributed by atoms with Crippen LogP contribution in [-0.4, -0.2) is 102 Å². The van der Waals surface area contributed by atoms with Gasteiger partial charge in [0, 0.05) is 11.1 Å². The van der Waals surface area contributed by atoms with E-state index in [1.54, 1.807) is 31.2 Å². The highest BCUT2D eigenvalue weighted by molar-refractivity contribution is 9.11. The van der Waals surface area contributed by atoms with Crippen LogP contribution < -0.4 is 15.0 Å². The Morgan fingerprint density at radius 2 is 1.48 bits per heavy atom. The molecule has 362 valence electrons. The van der Waals surface area contributed by atoms with Gasteiger partial charge in [0.1, 0.15) is 47.5 Å². The molecule has 2 saturated heterocycles. The maximum atomic E-state index is 14.6. The topological polar surface area (TPSA) is 187 Å². The van der Waals surface area contributed by atoms with Crippen LogP contribution in [0.1, 0.15) is 66.5 Å². The molecule has 2 heterocycles. The fraction of sp³-hybridized carbons (Fsp3) is 0.619. The number of cyclic esters (lactones) is 1. The second kappa shape index (κ2) is 24.6. The van der Waals surface area contributed by atoms with E-state index in [1.807, 2.05) is 12.4 Å². The van der Waals surface area contributed by atoms with Gasteiger partial charge in [0.15, 0.2) is 23.2 Å². The van der Waals surface area contributed by atoms with Crippen LogP contribution in [0.4, 0.5) is 8.78 Å². The maximum absolute atomic E-state index is 14.6. The normalized spacial score (nSPS) is 19.5. The van der Waals surface area contributed by atoms with Crippen molar-refractivity contribution >= 4 is 60.4 Å². The third-order valence-electron chi connectivity index (χ3n) is 11.5. The molecule has 0 bridgehead atoms. The van der Waals surface area contributed by atoms with Crippen molar-refractivity contribution in [1.29, 1.82) is 0 Å². The lowest BCUT2D eigenvalue weighted by Gasteiger charge is -2.37. The van der Waals surface area contributed by atoms with E-state index in [1.165, 1.54) is 31.4 Å². The summed E-state index contributed by atoms with van der Waals surface area (Å²) in [4.78, 5) is 43.7. The van der Waals surface area contributed by atoms with E-state index < -0.39 is 58.1 Å². The Bertz CT molecular complexity index is 1920. The molecule has 16 nitrogen and oxygen atoms in total. The van der Waals surface area contributed by atoms with Gasteiger partial charge >= 0.3 is 11.9 Å². The predicted molar refractivity (Wildman–Crippen MR) is 247 cm³/mol. The first-order valence-electron chi connectivity index (χ1n) is 20.5. The van der Waals surface area contributed by atoms with Gasteiger partial charge in [-0.05, 0) is 112 Å². The van der Waals surface area contributed by atoms with E-state index >= 15 is 0 Å². The number of rotatable bonds is 17. The molecular formula is C42H65Br2F2N3O13Si2. The molecule has 0 aliphatic carbocycles. The average Bonchev–Trinajstić information content (AvgIpc) is 3.71. The van der Waals surface area contributed by atoms with Crippen molar-refractivity contribution in [2.45, 2.75) is 129 Å². The molecule has 4 rings (SSSR count). The number of methoxy groups -OCH3 is 2. The number of carbonyl (C=O) groups excluding carboxylic acids is 2. The van der Waals surface area contributed by atoms with Crippen LogP contribution in [0.3, 0.4) is 0 Å². The number of hydrogen-bond acceptors (Lipinski definition) is 15. The van der Waals surface area contributed by atoms with Crippen molar-refractivity contribution in [1.82, 2.24) is 10.5 Å². The zero-order chi connectivity index (χ0) is 49.0. The van der Waals surface area contributed by atoms with Crippen LogP contribution in [0, 0.1) is 27.7 Å². The lowest BCUT2D eigenvalue weighted by molar-refractivity contribution is -0.754. The third kappa shape index (κ3) is 16.1. The lowest BCUT2D eigenvalue weighted by atomic mass is 9.93. The molecule has 0 spiro atoms. The number of hydroxylamine groups is 3. The molecule has 0 unspecified atom stereocenters. The summed E-state index contributed by atoms with van der Waals surface area (Å²) in [5.41, 5.74) is 2.50. The molecule has 0 amide bonds. The number of nitrogens with one attached hydrogen (secondary N) is 1. The van der Waals surface area contributed by atoms with Crippen molar-refractivity contribution in [3.8, 4) is 11.5 Å². The van der Waals surface area contributed by atoms with Crippen LogP contribution in [0.15, 0.2) is 45.4 Å². The van der Waals surface area contributed by atoms with Gasteiger partial charge in [0.05, 0.1) is 55.4 Å². The SMILES string of the molecule is COc1c(Br)ccc(F)c1CN1O[C@@H](CO[Si](C)(C)C(C)(C)C)[C@H]2[C@H](C)OC(=O)[C@H]21.COc1c(Br)ccc(F)c1CNO.C[C@@H](/C=C\CO[Si](C)(C)C(C)(C)C)OC(=O)CO[N+](=O)[O-]. The molecule has 64 heavy (non-hydrogen) atoms. The molecule has 2 N–H and O–H groups in total. The number of benzene rings is 2. The largest absolute Gasteiger partial charge is 0.495 e. The second-order valence-corrected chi connectivity index (χ2v) is 29.4. The van der Waals surface area contributed by atoms with Gasteiger partial charge in [-0.15, -0.1) is 10.1 Å². The Balaban J connectivity index is 0.000000360. The number of halogens is 4. The minimum atomic E-state index is -1.99. The smallest absolute Gasteiger partial charge is 0.332 e. The van der Waals surface area contributed by atoms with Crippen molar-refractivity contribution in [2.24, 2.45) is 5.92 Å². The summed E-state index contributed by atoms with van der Waals surface area (Å²) in [6, 6.07) is 5.21. The number of nitrogens with zero attached hydrogens (tertiary/aromatic N) is 2. The van der Waals surface area contributed by atoms with Crippen LogP contribution in [0.2, 0.25) is 36.3 Å². The van der Waals surface area contributed by atoms with Crippen LogP contribution in [0.5, 0.6) is 11.5 Å². The first-order chi connectivity index (χ1) is 29.5. The standard InChI is InChI=1S/C21H31BrFNO5Si.C13H25NO6Si.C8H9BrFNO2/c1-12-17-16(11-27-30(6,7)21(2,3)4)29-24(18(17)20(25)28-12)10-13-15(23)9-8-14(22)19(13)26-5;1-11(20-12(15)10-18-14(16)17)8-7-9-19-21(5,6)13(2,3)4;1-13-8-5(4-11-12)7(10)3-2-6(8)9/h8-9,12,16-18H,10-11H2,1-7H3;7-8,11H,9-10H2,1-6H3;2-3,11-12H,4H2,1H3/b;8-7-;/t12-,16-,17+,18-;11-;/m00./s1. The average molecular weight is 1070 g/mol. The second-order valence-electron chi connectivity index (χ2n) is 18.1. The summed E-state index contributed by atoms with van der Waals surface area (Å²) in [6.07, 6.45) is 2.33. The number of ether oxygens (including phenoxy) is 4.